The molecule has 0 radical (unpaired) electrons. The van der Waals surface area contributed by atoms with E-state index < -0.39 is 5.97 Å². The zero-order valence-corrected chi connectivity index (χ0v) is 7.56. The van der Waals surface area contributed by atoms with Gasteiger partial charge in [-0.05, 0) is 24.1 Å². The molecule has 0 heterocycles. The van der Waals surface area contributed by atoms with Crippen LogP contribution in [0.2, 0.25) is 0 Å². The number of amides is 1. The van der Waals surface area contributed by atoms with Gasteiger partial charge in [0.15, 0.2) is 0 Å². The molecule has 0 saturated carbocycles. The number of rotatable bonds is 5. The monoisotopic (exact) mass is 193 g/mol. The molecular weight excluding hydrogens is 182 g/mol. The third-order valence-electron chi connectivity index (χ3n) is 1.78. The highest BCUT2D eigenvalue weighted by atomic mass is 16.4. The maximum Gasteiger partial charge on any atom is 0.303 e. The number of hydrogen-bond acceptors (Lipinski definition) is 2. The van der Waals surface area contributed by atoms with Gasteiger partial charge in [0.2, 0.25) is 6.41 Å². The van der Waals surface area contributed by atoms with E-state index in [4.69, 9.17) is 5.11 Å². The predicted octanol–water partition coefficient (Wildman–Crippen LogP) is 1.27. The van der Waals surface area contributed by atoms with Crippen molar-refractivity contribution in [2.45, 2.75) is 12.8 Å². The van der Waals surface area contributed by atoms with Crippen LogP contribution in [0.3, 0.4) is 0 Å². The molecule has 0 aliphatic carbocycles. The van der Waals surface area contributed by atoms with Crippen molar-refractivity contribution >= 4 is 18.1 Å². The highest BCUT2D eigenvalue weighted by Crippen LogP contribution is 2.11. The fourth-order valence-electron chi connectivity index (χ4n) is 1.14. The van der Waals surface area contributed by atoms with Crippen LogP contribution < -0.4 is 5.32 Å². The lowest BCUT2D eigenvalue weighted by Gasteiger charge is -2.02. The van der Waals surface area contributed by atoms with E-state index in [1.54, 1.807) is 18.2 Å². The maximum absolute atomic E-state index is 10.3. The Morgan fingerprint density at radius 2 is 2.29 bits per heavy atom. The molecule has 1 aromatic carbocycles. The van der Waals surface area contributed by atoms with Gasteiger partial charge in [-0.25, -0.2) is 0 Å². The smallest absolute Gasteiger partial charge is 0.303 e. The van der Waals surface area contributed by atoms with Crippen LogP contribution in [0.25, 0.3) is 0 Å². The Balaban J connectivity index is 2.63. The molecule has 1 aromatic rings. The Kier molecular flexibility index (Phi) is 3.67. The van der Waals surface area contributed by atoms with Crippen LogP contribution in [0.5, 0.6) is 0 Å². The minimum Gasteiger partial charge on any atom is -0.481 e. The van der Waals surface area contributed by atoms with Crippen LogP contribution in [0.4, 0.5) is 5.69 Å². The Labute approximate surface area is 81.6 Å². The number of nitrogens with one attached hydrogen (secondary N) is 1. The second-order valence-corrected chi connectivity index (χ2v) is 2.86. The molecular formula is C10H11NO3. The summed E-state index contributed by atoms with van der Waals surface area (Å²) < 4.78 is 0. The Hall–Kier alpha value is -1.84. The van der Waals surface area contributed by atoms with Gasteiger partial charge in [0.05, 0.1) is 0 Å². The van der Waals surface area contributed by atoms with Gasteiger partial charge < -0.3 is 10.4 Å². The number of carboxylic acid groups (broad SMARTS) is 1. The number of hydrogen-bond donors (Lipinski definition) is 2. The number of aliphatic carboxylic acids is 1. The largest absolute Gasteiger partial charge is 0.481 e. The number of carboxylic acids is 1. The van der Waals surface area contributed by atoms with Crippen molar-refractivity contribution in [3.63, 3.8) is 0 Å². The molecule has 4 nitrogen and oxygen atoms in total. The molecule has 0 aliphatic heterocycles. The van der Waals surface area contributed by atoms with Gasteiger partial charge in [-0.3, -0.25) is 9.59 Å². The van der Waals surface area contributed by atoms with Crippen molar-refractivity contribution in [2.75, 3.05) is 5.32 Å². The number of carbonyl (C=O) groups excluding carboxylic acids is 1. The molecule has 0 saturated heterocycles. The molecule has 4 heteroatoms. The first-order chi connectivity index (χ1) is 6.72. The second-order valence-electron chi connectivity index (χ2n) is 2.86. The fraction of sp³-hybridized carbons (Fsp3) is 0.200. The van der Waals surface area contributed by atoms with Gasteiger partial charge in [0.25, 0.3) is 0 Å². The average molecular weight is 193 g/mol. The predicted molar refractivity (Wildman–Crippen MR) is 52.1 cm³/mol. The molecule has 0 aromatic heterocycles. The summed E-state index contributed by atoms with van der Waals surface area (Å²) in [6, 6.07) is 7.12. The molecule has 0 unspecified atom stereocenters. The van der Waals surface area contributed by atoms with E-state index >= 15 is 0 Å². The van der Waals surface area contributed by atoms with E-state index in [0.717, 1.165) is 5.56 Å². The molecule has 0 atom stereocenters. The third-order valence-corrected chi connectivity index (χ3v) is 1.78. The summed E-state index contributed by atoms with van der Waals surface area (Å²) in [6.07, 6.45) is 1.17. The highest BCUT2D eigenvalue weighted by Gasteiger charge is 1.99. The van der Waals surface area contributed by atoms with Gasteiger partial charge in [-0.1, -0.05) is 12.1 Å². The van der Waals surface area contributed by atoms with Crippen molar-refractivity contribution in [3.05, 3.63) is 29.8 Å². The van der Waals surface area contributed by atoms with Crippen molar-refractivity contribution in [1.29, 1.82) is 0 Å². The van der Waals surface area contributed by atoms with Gasteiger partial charge >= 0.3 is 5.97 Å². The Morgan fingerprint density at radius 1 is 1.50 bits per heavy atom. The summed E-state index contributed by atoms with van der Waals surface area (Å²) in [7, 11) is 0. The third kappa shape index (κ3) is 3.26. The topological polar surface area (TPSA) is 66.4 Å². The van der Waals surface area contributed by atoms with Gasteiger partial charge in [0, 0.05) is 12.1 Å². The molecule has 0 spiro atoms. The molecule has 0 aliphatic rings. The van der Waals surface area contributed by atoms with Crippen LogP contribution in [0, 0.1) is 0 Å². The first-order valence-corrected chi connectivity index (χ1v) is 4.23. The van der Waals surface area contributed by atoms with E-state index in [-0.39, 0.29) is 6.42 Å². The fourth-order valence-corrected chi connectivity index (χ4v) is 1.14. The number of anilines is 1. The van der Waals surface area contributed by atoms with Crippen LogP contribution >= 0.6 is 0 Å². The van der Waals surface area contributed by atoms with Crippen molar-refractivity contribution in [3.8, 4) is 0 Å². The highest BCUT2D eigenvalue weighted by molar-refractivity contribution is 5.71. The van der Waals surface area contributed by atoms with E-state index in [0.29, 0.717) is 18.5 Å². The summed E-state index contributed by atoms with van der Waals surface area (Å²) in [5.74, 6) is -0.821. The normalized spacial score (nSPS) is 9.43. The lowest BCUT2D eigenvalue weighted by Crippen LogP contribution is -1.99. The second kappa shape index (κ2) is 5.01. The van der Waals surface area contributed by atoms with Crippen LogP contribution in [-0.4, -0.2) is 17.5 Å². The molecule has 14 heavy (non-hydrogen) atoms. The zero-order chi connectivity index (χ0) is 10.4. The summed E-state index contributed by atoms with van der Waals surface area (Å²) in [6.45, 7) is 0. The van der Waals surface area contributed by atoms with Crippen LogP contribution in [-0.2, 0) is 16.0 Å². The number of carbonyl (C=O) groups is 2. The lowest BCUT2D eigenvalue weighted by molar-refractivity contribution is -0.136. The summed E-state index contributed by atoms with van der Waals surface area (Å²) in [4.78, 5) is 20.5. The lowest BCUT2D eigenvalue weighted by atomic mass is 10.1. The average Bonchev–Trinajstić information content (AvgIpc) is 2.16. The maximum atomic E-state index is 10.3. The summed E-state index contributed by atoms with van der Waals surface area (Å²) >= 11 is 0. The standard InChI is InChI=1S/C10H11NO3/c12-7-11-9-3-1-2-8(6-9)4-5-10(13)14/h1-3,6-7H,4-5H2,(H,11,12)(H,13,14). The van der Waals surface area contributed by atoms with Crippen molar-refractivity contribution < 1.29 is 14.7 Å². The minimum atomic E-state index is -0.821. The van der Waals surface area contributed by atoms with Crippen molar-refractivity contribution in [2.24, 2.45) is 0 Å². The quantitative estimate of drug-likeness (QED) is 0.692. The number of benzene rings is 1. The minimum absolute atomic E-state index is 0.102. The Morgan fingerprint density at radius 3 is 2.93 bits per heavy atom. The molecule has 1 amide bonds. The SMILES string of the molecule is O=CNc1cccc(CCC(=O)O)c1. The van der Waals surface area contributed by atoms with Gasteiger partial charge in [0.1, 0.15) is 0 Å². The molecule has 74 valence electrons. The summed E-state index contributed by atoms with van der Waals surface area (Å²) in [5.41, 5.74) is 1.59. The first kappa shape index (κ1) is 10.2. The van der Waals surface area contributed by atoms with Gasteiger partial charge in [-0.15, -0.1) is 0 Å². The van der Waals surface area contributed by atoms with E-state index in [2.05, 4.69) is 5.32 Å². The van der Waals surface area contributed by atoms with Crippen molar-refractivity contribution in [1.82, 2.24) is 0 Å². The van der Waals surface area contributed by atoms with Crippen LogP contribution in [0.1, 0.15) is 12.0 Å². The molecule has 1 rings (SSSR count). The first-order valence-electron chi connectivity index (χ1n) is 4.23. The Bertz CT molecular complexity index is 336. The van der Waals surface area contributed by atoms with E-state index in [9.17, 15) is 9.59 Å². The van der Waals surface area contributed by atoms with Crippen LogP contribution in [0.15, 0.2) is 24.3 Å². The molecule has 2 N–H and O–H groups in total. The summed E-state index contributed by atoms with van der Waals surface area (Å²) in [5, 5.41) is 11.0. The number of aryl methyl sites for hydroxylation is 1. The van der Waals surface area contributed by atoms with E-state index in [1.807, 2.05) is 6.07 Å². The molecule has 0 bridgehead atoms. The van der Waals surface area contributed by atoms with Gasteiger partial charge in [-0.2, -0.15) is 0 Å². The molecule has 0 fully saturated rings. The van der Waals surface area contributed by atoms with E-state index in [1.165, 1.54) is 0 Å². The zero-order valence-electron chi connectivity index (χ0n) is 7.56.